The number of ether oxygens (including phenoxy) is 2. The molecule has 0 saturated heterocycles. The Labute approximate surface area is 214 Å². The van der Waals surface area contributed by atoms with Crippen molar-refractivity contribution in [1.29, 1.82) is 0 Å². The molecule has 2 heterocycles. The summed E-state index contributed by atoms with van der Waals surface area (Å²) in [5, 5.41) is 6.36. The first-order valence-electron chi connectivity index (χ1n) is 11.6. The van der Waals surface area contributed by atoms with Crippen molar-refractivity contribution in [2.24, 2.45) is 5.73 Å². The summed E-state index contributed by atoms with van der Waals surface area (Å²) >= 11 is 1.23. The summed E-state index contributed by atoms with van der Waals surface area (Å²) in [6.07, 6.45) is -0.00845. The molecule has 0 saturated carbocycles. The molecule has 0 spiro atoms. The highest BCUT2D eigenvalue weighted by Gasteiger charge is 2.16. The number of fused-ring (bicyclic) bond motifs is 1. The maximum atomic E-state index is 11.5. The van der Waals surface area contributed by atoms with Gasteiger partial charge in [-0.15, -0.1) is 11.3 Å². The largest absolute Gasteiger partial charge is 0.490 e. The summed E-state index contributed by atoms with van der Waals surface area (Å²) in [7, 11) is 3.95. The second-order valence-electron chi connectivity index (χ2n) is 8.75. The number of benzene rings is 2. The zero-order valence-electron chi connectivity index (χ0n) is 21.0. The molecule has 2 aromatic heterocycles. The normalized spacial score (nSPS) is 11.3. The van der Waals surface area contributed by atoms with Crippen molar-refractivity contribution in [2.75, 3.05) is 26.0 Å². The number of hydrogen-bond donors (Lipinski definition) is 2. The van der Waals surface area contributed by atoms with Crippen LogP contribution < -0.4 is 20.5 Å². The van der Waals surface area contributed by atoms with Gasteiger partial charge < -0.3 is 25.4 Å². The number of hydrogen-bond acceptors (Lipinski definition) is 9. The molecular formula is C26H30N6O3S. The van der Waals surface area contributed by atoms with Gasteiger partial charge in [-0.05, 0) is 53.1 Å². The van der Waals surface area contributed by atoms with E-state index in [9.17, 15) is 4.79 Å². The Morgan fingerprint density at radius 3 is 2.61 bits per heavy atom. The van der Waals surface area contributed by atoms with Crippen LogP contribution in [-0.4, -0.2) is 52.6 Å². The monoisotopic (exact) mass is 506 g/mol. The predicted molar refractivity (Wildman–Crippen MR) is 143 cm³/mol. The Morgan fingerprint density at radius 2 is 1.94 bits per heavy atom. The van der Waals surface area contributed by atoms with Crippen LogP contribution in [0.5, 0.6) is 11.5 Å². The number of carbonyl (C=O) groups excluding carboxylic acids is 1. The summed E-state index contributed by atoms with van der Waals surface area (Å²) in [5.41, 5.74) is 8.49. The highest BCUT2D eigenvalue weighted by molar-refractivity contribution is 7.12. The third-order valence-electron chi connectivity index (χ3n) is 5.06. The van der Waals surface area contributed by atoms with Crippen LogP contribution in [0, 0.1) is 0 Å². The van der Waals surface area contributed by atoms with Crippen molar-refractivity contribution < 1.29 is 14.3 Å². The van der Waals surface area contributed by atoms with E-state index in [-0.39, 0.29) is 11.1 Å². The number of anilines is 2. The van der Waals surface area contributed by atoms with Crippen LogP contribution in [0.3, 0.4) is 0 Å². The topological polar surface area (TPSA) is 115 Å². The molecule has 9 nitrogen and oxygen atoms in total. The maximum Gasteiger partial charge on any atom is 0.277 e. The van der Waals surface area contributed by atoms with E-state index >= 15 is 0 Å². The van der Waals surface area contributed by atoms with E-state index in [0.29, 0.717) is 42.0 Å². The molecule has 0 aliphatic rings. The third kappa shape index (κ3) is 5.89. The number of primary amides is 1. The van der Waals surface area contributed by atoms with E-state index in [4.69, 9.17) is 25.2 Å². The van der Waals surface area contributed by atoms with E-state index in [1.54, 1.807) is 0 Å². The molecule has 188 valence electrons. The Bertz CT molecular complexity index is 1390. The predicted octanol–water partition coefficient (Wildman–Crippen LogP) is 4.84. The van der Waals surface area contributed by atoms with Crippen LogP contribution in [0.15, 0.2) is 41.8 Å². The van der Waals surface area contributed by atoms with Gasteiger partial charge in [0.25, 0.3) is 5.91 Å². The average Bonchev–Trinajstić information content (AvgIpc) is 3.30. The molecule has 0 fully saturated rings. The number of nitrogens with zero attached hydrogens (tertiary/aromatic N) is 4. The summed E-state index contributed by atoms with van der Waals surface area (Å²) in [6, 6.07) is 11.6. The van der Waals surface area contributed by atoms with Crippen LogP contribution in [0.4, 0.5) is 11.5 Å². The second-order valence-corrected chi connectivity index (χ2v) is 9.61. The van der Waals surface area contributed by atoms with E-state index < -0.39 is 5.91 Å². The maximum absolute atomic E-state index is 11.5. The highest BCUT2D eigenvalue weighted by atomic mass is 32.1. The van der Waals surface area contributed by atoms with Gasteiger partial charge in [-0.25, -0.2) is 15.0 Å². The number of thiazole rings is 1. The molecule has 1 amide bonds. The van der Waals surface area contributed by atoms with E-state index in [1.165, 1.54) is 11.3 Å². The number of aromatic nitrogens is 3. The van der Waals surface area contributed by atoms with Gasteiger partial charge in [0.15, 0.2) is 16.5 Å². The fourth-order valence-electron chi connectivity index (χ4n) is 3.66. The zero-order chi connectivity index (χ0) is 25.8. The molecule has 10 heteroatoms. The van der Waals surface area contributed by atoms with Crippen molar-refractivity contribution in [1.82, 2.24) is 19.9 Å². The first-order valence-corrected chi connectivity index (χ1v) is 12.5. The standard InChI is InChI=1S/C26H30N6O3S/c1-6-34-21-11-18-19(12-22(21)35-15(2)3)29-23(13-32(4)5)31-25(18)28-17-9-7-8-16(10-17)20-14-36-26(30-20)24(27)33/h7-12,14-15H,6,13H2,1-5H3,(H2,27,33)(H,28,29,31). The lowest BCUT2D eigenvalue weighted by Gasteiger charge is -2.18. The lowest BCUT2D eigenvalue weighted by Crippen LogP contribution is -2.14. The zero-order valence-corrected chi connectivity index (χ0v) is 21.8. The highest BCUT2D eigenvalue weighted by Crippen LogP contribution is 2.36. The Balaban J connectivity index is 1.78. The lowest BCUT2D eigenvalue weighted by molar-refractivity contribution is 0.1000. The number of amides is 1. The molecule has 3 N–H and O–H groups in total. The Morgan fingerprint density at radius 1 is 1.14 bits per heavy atom. The molecule has 0 radical (unpaired) electrons. The second kappa shape index (κ2) is 10.9. The Hall–Kier alpha value is -3.76. The smallest absolute Gasteiger partial charge is 0.277 e. The summed E-state index contributed by atoms with van der Waals surface area (Å²) in [6.45, 7) is 6.98. The summed E-state index contributed by atoms with van der Waals surface area (Å²) in [5.74, 6) is 2.09. The molecule has 2 aromatic carbocycles. The summed E-state index contributed by atoms with van der Waals surface area (Å²) in [4.78, 5) is 27.4. The van der Waals surface area contributed by atoms with Crippen LogP contribution in [0.2, 0.25) is 0 Å². The minimum Gasteiger partial charge on any atom is -0.490 e. The van der Waals surface area contributed by atoms with Gasteiger partial charge in [-0.2, -0.15) is 0 Å². The van der Waals surface area contributed by atoms with Crippen molar-refractivity contribution in [2.45, 2.75) is 33.4 Å². The van der Waals surface area contributed by atoms with Crippen LogP contribution in [-0.2, 0) is 6.54 Å². The Kier molecular flexibility index (Phi) is 7.66. The summed E-state index contributed by atoms with van der Waals surface area (Å²) < 4.78 is 11.9. The fraction of sp³-hybridized carbons (Fsp3) is 0.308. The van der Waals surface area contributed by atoms with Crippen molar-refractivity contribution in [3.8, 4) is 22.8 Å². The number of nitrogens with two attached hydrogens (primary N) is 1. The molecule has 0 bridgehead atoms. The van der Waals surface area contributed by atoms with Gasteiger partial charge >= 0.3 is 0 Å². The molecule has 0 aliphatic carbocycles. The molecule has 4 rings (SSSR count). The first-order chi connectivity index (χ1) is 17.2. The molecule has 0 unspecified atom stereocenters. The quantitative estimate of drug-likeness (QED) is 0.314. The third-order valence-corrected chi connectivity index (χ3v) is 5.92. The van der Waals surface area contributed by atoms with Gasteiger partial charge in [0.05, 0.1) is 30.5 Å². The van der Waals surface area contributed by atoms with Gasteiger partial charge in [0.1, 0.15) is 11.6 Å². The van der Waals surface area contributed by atoms with Crippen LogP contribution >= 0.6 is 11.3 Å². The molecule has 36 heavy (non-hydrogen) atoms. The van der Waals surface area contributed by atoms with Gasteiger partial charge in [0, 0.05) is 28.1 Å². The van der Waals surface area contributed by atoms with Crippen LogP contribution in [0.25, 0.3) is 22.2 Å². The van der Waals surface area contributed by atoms with Crippen molar-refractivity contribution >= 4 is 39.7 Å². The minimum absolute atomic E-state index is 0.00845. The lowest BCUT2D eigenvalue weighted by atomic mass is 10.1. The SMILES string of the molecule is CCOc1cc2c(Nc3cccc(-c4csc(C(N)=O)n4)c3)nc(CN(C)C)nc2cc1OC(C)C. The molecule has 0 atom stereocenters. The first kappa shape index (κ1) is 25.3. The van der Waals surface area contributed by atoms with E-state index in [2.05, 4.69) is 10.3 Å². The molecule has 4 aromatic rings. The number of carbonyl (C=O) groups is 1. The molecular weight excluding hydrogens is 476 g/mol. The van der Waals surface area contributed by atoms with E-state index in [0.717, 1.165) is 22.2 Å². The van der Waals surface area contributed by atoms with Crippen LogP contribution in [0.1, 0.15) is 36.4 Å². The van der Waals surface area contributed by atoms with Gasteiger partial charge in [-0.3, -0.25) is 4.79 Å². The van der Waals surface area contributed by atoms with E-state index in [1.807, 2.05) is 81.5 Å². The average molecular weight is 507 g/mol. The number of nitrogens with one attached hydrogen (secondary N) is 1. The van der Waals surface area contributed by atoms with Gasteiger partial charge in [0.2, 0.25) is 0 Å². The number of rotatable bonds is 10. The minimum atomic E-state index is -0.535. The molecule has 0 aliphatic heterocycles. The van der Waals surface area contributed by atoms with Crippen molar-refractivity contribution in [3.63, 3.8) is 0 Å². The van der Waals surface area contributed by atoms with Gasteiger partial charge in [-0.1, -0.05) is 12.1 Å². The fourth-order valence-corrected chi connectivity index (χ4v) is 4.34. The van der Waals surface area contributed by atoms with Crippen molar-refractivity contribution in [3.05, 3.63) is 52.6 Å².